The van der Waals surface area contributed by atoms with Gasteiger partial charge in [0.15, 0.2) is 17.3 Å². The van der Waals surface area contributed by atoms with E-state index >= 15 is 0 Å². The van der Waals surface area contributed by atoms with Gasteiger partial charge in [0.05, 0.1) is 6.54 Å². The van der Waals surface area contributed by atoms with Gasteiger partial charge in [0, 0.05) is 13.0 Å². The van der Waals surface area contributed by atoms with E-state index < -0.39 is 28.8 Å². The van der Waals surface area contributed by atoms with Gasteiger partial charge in [-0.05, 0) is 36.1 Å². The average Bonchev–Trinajstić information content (AvgIpc) is 2.79. The molecule has 0 spiro atoms. The molecule has 0 aliphatic carbocycles. The van der Waals surface area contributed by atoms with Gasteiger partial charge in [-0.1, -0.05) is 49.7 Å². The summed E-state index contributed by atoms with van der Waals surface area (Å²) in [6.07, 6.45) is 1.53. The smallest absolute Gasteiger partial charge is 0.330 e. The third-order valence-electron chi connectivity index (χ3n) is 5.32. The Bertz CT molecular complexity index is 1240. The van der Waals surface area contributed by atoms with Gasteiger partial charge < -0.3 is 10.6 Å². The number of carbonyl (C=O) groups excluding carboxylic acids is 1. The van der Waals surface area contributed by atoms with E-state index in [1.165, 1.54) is 15.5 Å². The van der Waals surface area contributed by atoms with E-state index in [2.05, 4.69) is 4.98 Å². The molecule has 3 rings (SSSR count). The van der Waals surface area contributed by atoms with E-state index in [1.807, 2.05) is 13.0 Å². The summed E-state index contributed by atoms with van der Waals surface area (Å²) in [6.45, 7) is 2.31. The zero-order valence-corrected chi connectivity index (χ0v) is 18.3. The molecule has 174 valence electrons. The Balaban J connectivity index is 1.97. The van der Waals surface area contributed by atoms with Crippen LogP contribution in [0.2, 0.25) is 0 Å². The number of unbranched alkanes of at least 4 members (excludes halogenated alkanes) is 1. The summed E-state index contributed by atoms with van der Waals surface area (Å²) in [5.41, 5.74) is 5.91. The molecule has 3 aromatic rings. The number of nitrogens with two attached hydrogens (primary N) is 1. The van der Waals surface area contributed by atoms with Crippen molar-refractivity contribution < 1.29 is 13.6 Å². The number of aromatic nitrogens is 2. The Morgan fingerprint density at radius 1 is 1.06 bits per heavy atom. The van der Waals surface area contributed by atoms with Crippen LogP contribution >= 0.6 is 0 Å². The van der Waals surface area contributed by atoms with Crippen LogP contribution in [0.1, 0.15) is 37.3 Å². The first kappa shape index (κ1) is 23.9. The number of amides is 1. The Kier molecular flexibility index (Phi) is 7.76. The first-order valence-electron chi connectivity index (χ1n) is 10.7. The standard InChI is InChI=1S/C24H26F2N4O3/c1-2-3-13-29-22(27)21(23(32)28-24(29)33)30(15-17-7-5-4-6-8-17)20(31)12-10-16-9-11-18(25)19(26)14-16/h4-9,11,14H,2-3,10,12-13,15,27H2,1H3,(H,28,32,33). The zero-order valence-electron chi connectivity index (χ0n) is 18.3. The largest absolute Gasteiger partial charge is 0.383 e. The first-order valence-corrected chi connectivity index (χ1v) is 10.7. The molecule has 3 N–H and O–H groups in total. The number of nitrogens with zero attached hydrogens (tertiary/aromatic N) is 2. The van der Waals surface area contributed by atoms with E-state index in [-0.39, 0.29) is 30.9 Å². The maximum absolute atomic E-state index is 13.5. The molecule has 0 aliphatic heterocycles. The molecule has 0 fully saturated rings. The molecule has 0 aliphatic rings. The van der Waals surface area contributed by atoms with Crippen molar-refractivity contribution in [3.63, 3.8) is 0 Å². The highest BCUT2D eigenvalue weighted by molar-refractivity contribution is 5.95. The molecular weight excluding hydrogens is 430 g/mol. The number of benzene rings is 2. The van der Waals surface area contributed by atoms with E-state index in [9.17, 15) is 23.2 Å². The average molecular weight is 456 g/mol. The van der Waals surface area contributed by atoms with Crippen LogP contribution in [-0.2, 0) is 24.3 Å². The topological polar surface area (TPSA) is 101 Å². The van der Waals surface area contributed by atoms with Gasteiger partial charge in [-0.15, -0.1) is 0 Å². The van der Waals surface area contributed by atoms with E-state index in [4.69, 9.17) is 5.73 Å². The van der Waals surface area contributed by atoms with Crippen molar-refractivity contribution in [2.24, 2.45) is 0 Å². The maximum atomic E-state index is 13.5. The molecule has 9 heteroatoms. The van der Waals surface area contributed by atoms with Crippen LogP contribution in [0.25, 0.3) is 0 Å². The van der Waals surface area contributed by atoms with Crippen molar-refractivity contribution in [3.8, 4) is 0 Å². The number of anilines is 2. The Labute approximate surface area is 189 Å². The number of aromatic amines is 1. The van der Waals surface area contributed by atoms with Crippen molar-refractivity contribution in [2.75, 3.05) is 10.6 Å². The van der Waals surface area contributed by atoms with Gasteiger partial charge in [0.25, 0.3) is 5.56 Å². The van der Waals surface area contributed by atoms with E-state index in [0.717, 1.165) is 24.1 Å². The van der Waals surface area contributed by atoms with Gasteiger partial charge in [-0.2, -0.15) is 0 Å². The van der Waals surface area contributed by atoms with Crippen molar-refractivity contribution >= 4 is 17.4 Å². The van der Waals surface area contributed by atoms with Crippen LogP contribution in [0.3, 0.4) is 0 Å². The third kappa shape index (κ3) is 5.74. The molecule has 1 heterocycles. The van der Waals surface area contributed by atoms with Gasteiger partial charge in [0.1, 0.15) is 5.82 Å². The molecule has 0 atom stereocenters. The lowest BCUT2D eigenvalue weighted by Gasteiger charge is -2.25. The van der Waals surface area contributed by atoms with Crippen LogP contribution in [0, 0.1) is 11.6 Å². The van der Waals surface area contributed by atoms with Crippen molar-refractivity contribution in [1.29, 1.82) is 0 Å². The maximum Gasteiger partial charge on any atom is 0.330 e. The predicted molar refractivity (Wildman–Crippen MR) is 123 cm³/mol. The normalized spacial score (nSPS) is 10.9. The van der Waals surface area contributed by atoms with E-state index in [1.54, 1.807) is 24.3 Å². The summed E-state index contributed by atoms with van der Waals surface area (Å²) < 4.78 is 28.0. The second kappa shape index (κ2) is 10.7. The fraction of sp³-hybridized carbons (Fsp3) is 0.292. The zero-order chi connectivity index (χ0) is 24.0. The molecule has 0 saturated heterocycles. The van der Waals surface area contributed by atoms with Crippen LogP contribution in [0.15, 0.2) is 58.1 Å². The van der Waals surface area contributed by atoms with Crippen molar-refractivity contribution in [3.05, 3.63) is 92.1 Å². The van der Waals surface area contributed by atoms with Crippen molar-refractivity contribution in [1.82, 2.24) is 9.55 Å². The van der Waals surface area contributed by atoms with Gasteiger partial charge in [-0.25, -0.2) is 13.6 Å². The highest BCUT2D eigenvalue weighted by atomic mass is 19.2. The van der Waals surface area contributed by atoms with Crippen LogP contribution < -0.4 is 21.9 Å². The lowest BCUT2D eigenvalue weighted by Crippen LogP contribution is -2.41. The summed E-state index contributed by atoms with van der Waals surface area (Å²) in [7, 11) is 0. The second-order valence-electron chi connectivity index (χ2n) is 7.71. The van der Waals surface area contributed by atoms with Crippen LogP contribution in [-0.4, -0.2) is 15.5 Å². The summed E-state index contributed by atoms with van der Waals surface area (Å²) in [4.78, 5) is 41.8. The van der Waals surface area contributed by atoms with Crippen LogP contribution in [0.5, 0.6) is 0 Å². The number of hydrogen-bond acceptors (Lipinski definition) is 4. The quantitative estimate of drug-likeness (QED) is 0.516. The molecule has 0 bridgehead atoms. The molecule has 1 aromatic heterocycles. The molecule has 1 amide bonds. The fourth-order valence-corrected chi connectivity index (χ4v) is 3.52. The minimum absolute atomic E-state index is 0.0523. The SMILES string of the molecule is CCCCn1c(N)c(N(Cc2ccccc2)C(=O)CCc2ccc(F)c(F)c2)c(=O)[nH]c1=O. The minimum atomic E-state index is -0.996. The number of nitrogens with one attached hydrogen (secondary N) is 1. The number of carbonyl (C=O) groups is 1. The van der Waals surface area contributed by atoms with E-state index in [0.29, 0.717) is 18.5 Å². The monoisotopic (exact) mass is 456 g/mol. The molecular formula is C24H26F2N4O3. The second-order valence-corrected chi connectivity index (χ2v) is 7.71. The highest BCUT2D eigenvalue weighted by Gasteiger charge is 2.24. The highest BCUT2D eigenvalue weighted by Crippen LogP contribution is 2.22. The molecule has 7 nitrogen and oxygen atoms in total. The number of halogens is 2. The number of H-pyrrole nitrogens is 1. The third-order valence-corrected chi connectivity index (χ3v) is 5.32. The van der Waals surface area contributed by atoms with Gasteiger partial charge in [-0.3, -0.25) is 19.1 Å². The minimum Gasteiger partial charge on any atom is -0.383 e. The summed E-state index contributed by atoms with van der Waals surface area (Å²) in [5.74, 6) is -2.50. The first-order chi connectivity index (χ1) is 15.8. The Morgan fingerprint density at radius 2 is 1.79 bits per heavy atom. The lowest BCUT2D eigenvalue weighted by atomic mass is 10.1. The lowest BCUT2D eigenvalue weighted by molar-refractivity contribution is -0.118. The predicted octanol–water partition coefficient (Wildman–Crippen LogP) is 3.36. The molecule has 0 radical (unpaired) electrons. The Hall–Kier alpha value is -3.75. The molecule has 0 saturated carbocycles. The van der Waals surface area contributed by atoms with Crippen LogP contribution in [0.4, 0.5) is 20.3 Å². The number of rotatable bonds is 9. The Morgan fingerprint density at radius 3 is 2.45 bits per heavy atom. The molecule has 0 unspecified atom stereocenters. The summed E-state index contributed by atoms with van der Waals surface area (Å²) >= 11 is 0. The fourth-order valence-electron chi connectivity index (χ4n) is 3.52. The van der Waals surface area contributed by atoms with Gasteiger partial charge >= 0.3 is 5.69 Å². The number of aryl methyl sites for hydroxylation is 1. The molecule has 33 heavy (non-hydrogen) atoms. The van der Waals surface area contributed by atoms with Crippen molar-refractivity contribution in [2.45, 2.75) is 45.7 Å². The summed E-state index contributed by atoms with van der Waals surface area (Å²) in [5, 5.41) is 0. The number of nitrogen functional groups attached to an aromatic ring is 1. The van der Waals surface area contributed by atoms with Gasteiger partial charge in [0.2, 0.25) is 5.91 Å². The summed E-state index contributed by atoms with van der Waals surface area (Å²) in [6, 6.07) is 12.5. The number of hydrogen-bond donors (Lipinski definition) is 2. The molecule has 2 aromatic carbocycles.